The van der Waals surface area contributed by atoms with Crippen molar-refractivity contribution in [1.82, 2.24) is 0 Å². The lowest BCUT2D eigenvalue weighted by Crippen LogP contribution is -2.55. The monoisotopic (exact) mass is 266 g/mol. The summed E-state index contributed by atoms with van der Waals surface area (Å²) in [7, 11) is -1.36. The number of hydrogen-bond donors (Lipinski definition) is 0. The first-order valence-corrected chi connectivity index (χ1v) is 10.7. The van der Waals surface area contributed by atoms with Crippen LogP contribution in [-0.4, -0.2) is 14.2 Å². The van der Waals surface area contributed by atoms with Crippen LogP contribution in [0.5, 0.6) is 0 Å². The Morgan fingerprint density at radius 2 is 1.67 bits per heavy atom. The number of rotatable bonds is 2. The fourth-order valence-electron chi connectivity index (χ4n) is 3.54. The number of ether oxygens (including phenoxy) is 1. The van der Waals surface area contributed by atoms with Gasteiger partial charge in [-0.05, 0) is 23.8 Å². The lowest BCUT2D eigenvalue weighted by atomic mass is 9.82. The standard InChI is InChI=1S/C16H30OSi/c1-12-15(18(5,6)16(2,3)4)14(17-12)13-10-8-7-9-11-13/h13-15H,1,7-11H2,2-6H3/t14-,15+/m0/s1. The van der Waals surface area contributed by atoms with Crippen LogP contribution in [0.3, 0.4) is 0 Å². The molecule has 0 aromatic heterocycles. The van der Waals surface area contributed by atoms with Crippen LogP contribution in [0.15, 0.2) is 12.3 Å². The Balaban J connectivity index is 2.13. The largest absolute Gasteiger partial charge is 0.495 e. The molecule has 0 aromatic rings. The summed E-state index contributed by atoms with van der Waals surface area (Å²) in [5, 5.41) is 0.428. The van der Waals surface area contributed by atoms with E-state index in [1.165, 1.54) is 32.1 Å². The summed E-state index contributed by atoms with van der Waals surface area (Å²) < 4.78 is 6.01. The predicted molar refractivity (Wildman–Crippen MR) is 81.5 cm³/mol. The molecule has 0 spiro atoms. The molecule has 1 nitrogen and oxygen atoms in total. The van der Waals surface area contributed by atoms with Crippen LogP contribution in [0.2, 0.25) is 23.7 Å². The molecule has 1 saturated heterocycles. The van der Waals surface area contributed by atoms with Gasteiger partial charge in [0.25, 0.3) is 0 Å². The van der Waals surface area contributed by atoms with Gasteiger partial charge in [-0.25, -0.2) is 0 Å². The van der Waals surface area contributed by atoms with Gasteiger partial charge in [0, 0.05) is 5.54 Å². The molecule has 0 N–H and O–H groups in total. The first-order valence-electron chi connectivity index (χ1n) is 7.60. The molecule has 2 fully saturated rings. The van der Waals surface area contributed by atoms with E-state index in [-0.39, 0.29) is 0 Å². The minimum Gasteiger partial charge on any atom is -0.495 e. The van der Waals surface area contributed by atoms with Crippen molar-refractivity contribution in [2.45, 2.75) is 82.7 Å². The van der Waals surface area contributed by atoms with Gasteiger partial charge in [-0.1, -0.05) is 59.7 Å². The van der Waals surface area contributed by atoms with E-state index >= 15 is 0 Å². The highest BCUT2D eigenvalue weighted by Crippen LogP contribution is 2.56. The molecule has 104 valence electrons. The molecule has 0 aromatic carbocycles. The molecule has 1 saturated carbocycles. The third-order valence-electron chi connectivity index (χ3n) is 5.79. The van der Waals surface area contributed by atoms with Crippen LogP contribution in [0.1, 0.15) is 52.9 Å². The highest BCUT2D eigenvalue weighted by Gasteiger charge is 2.55. The minimum absolute atomic E-state index is 0.428. The van der Waals surface area contributed by atoms with Crippen molar-refractivity contribution >= 4 is 8.07 Å². The second-order valence-corrected chi connectivity index (χ2v) is 13.5. The highest BCUT2D eigenvalue weighted by atomic mass is 28.3. The molecule has 1 aliphatic heterocycles. The summed E-state index contributed by atoms with van der Waals surface area (Å²) in [6, 6.07) is 0. The molecule has 0 radical (unpaired) electrons. The molecule has 0 amide bonds. The Hall–Kier alpha value is -0.243. The van der Waals surface area contributed by atoms with Crippen LogP contribution in [0, 0.1) is 5.92 Å². The van der Waals surface area contributed by atoms with Gasteiger partial charge in [0.1, 0.15) is 6.10 Å². The van der Waals surface area contributed by atoms with E-state index in [0.717, 1.165) is 11.7 Å². The summed E-state index contributed by atoms with van der Waals surface area (Å²) in [6.07, 6.45) is 7.49. The Morgan fingerprint density at radius 3 is 2.11 bits per heavy atom. The van der Waals surface area contributed by atoms with Crippen molar-refractivity contribution in [3.8, 4) is 0 Å². The van der Waals surface area contributed by atoms with Crippen molar-refractivity contribution in [2.75, 3.05) is 0 Å². The van der Waals surface area contributed by atoms with E-state index in [4.69, 9.17) is 4.74 Å². The van der Waals surface area contributed by atoms with E-state index in [1.54, 1.807) is 0 Å². The average Bonchev–Trinajstić information content (AvgIpc) is 2.24. The molecule has 2 aliphatic rings. The highest BCUT2D eigenvalue weighted by molar-refractivity contribution is 6.82. The van der Waals surface area contributed by atoms with Crippen LogP contribution < -0.4 is 0 Å². The summed E-state index contributed by atoms with van der Waals surface area (Å²) in [4.78, 5) is 0. The predicted octanol–water partition coefficient (Wildman–Crippen LogP) is 5.36. The Morgan fingerprint density at radius 1 is 1.11 bits per heavy atom. The van der Waals surface area contributed by atoms with E-state index in [1.807, 2.05) is 0 Å². The normalized spacial score (nSPS) is 30.8. The molecular formula is C16H30OSi. The van der Waals surface area contributed by atoms with Gasteiger partial charge in [-0.15, -0.1) is 0 Å². The average molecular weight is 267 g/mol. The maximum atomic E-state index is 6.01. The third kappa shape index (κ3) is 2.28. The van der Waals surface area contributed by atoms with Crippen LogP contribution in [0.25, 0.3) is 0 Å². The SMILES string of the molecule is C=C1O[C@@H](C2CCCCC2)[C@@H]1[Si](C)(C)C(C)(C)C. The molecular weight excluding hydrogens is 236 g/mol. The maximum Gasteiger partial charge on any atom is 0.108 e. The molecule has 18 heavy (non-hydrogen) atoms. The van der Waals surface area contributed by atoms with Gasteiger partial charge < -0.3 is 4.74 Å². The van der Waals surface area contributed by atoms with Crippen LogP contribution >= 0.6 is 0 Å². The zero-order valence-corrected chi connectivity index (χ0v) is 13.9. The Labute approximate surface area is 114 Å². The number of hydrogen-bond acceptors (Lipinski definition) is 1. The van der Waals surface area contributed by atoms with Gasteiger partial charge in [0.05, 0.1) is 13.8 Å². The molecule has 2 rings (SSSR count). The molecule has 0 unspecified atom stereocenters. The summed E-state index contributed by atoms with van der Waals surface area (Å²) in [5.41, 5.74) is 0.681. The Bertz CT molecular complexity index is 320. The van der Waals surface area contributed by atoms with E-state index in [0.29, 0.717) is 16.7 Å². The second kappa shape index (κ2) is 4.70. The van der Waals surface area contributed by atoms with Crippen molar-refractivity contribution in [1.29, 1.82) is 0 Å². The first kappa shape index (κ1) is 14.2. The van der Waals surface area contributed by atoms with Crippen molar-refractivity contribution in [3.63, 3.8) is 0 Å². The first-order chi connectivity index (χ1) is 8.25. The van der Waals surface area contributed by atoms with Gasteiger partial charge in [-0.2, -0.15) is 0 Å². The van der Waals surface area contributed by atoms with Gasteiger partial charge in [-0.3, -0.25) is 0 Å². The van der Waals surface area contributed by atoms with Crippen LogP contribution in [0.4, 0.5) is 0 Å². The topological polar surface area (TPSA) is 9.23 Å². The molecule has 0 bridgehead atoms. The zero-order chi connectivity index (χ0) is 13.6. The van der Waals surface area contributed by atoms with Crippen molar-refractivity contribution in [3.05, 3.63) is 12.3 Å². The fourth-order valence-corrected chi connectivity index (χ4v) is 6.51. The second-order valence-electron chi connectivity index (χ2n) is 7.90. The molecule has 1 heterocycles. The van der Waals surface area contributed by atoms with E-state index in [2.05, 4.69) is 40.4 Å². The minimum atomic E-state index is -1.36. The zero-order valence-electron chi connectivity index (χ0n) is 12.9. The van der Waals surface area contributed by atoms with E-state index in [9.17, 15) is 0 Å². The smallest absolute Gasteiger partial charge is 0.108 e. The molecule has 2 atom stereocenters. The summed E-state index contributed by atoms with van der Waals surface area (Å²) >= 11 is 0. The molecule has 2 heteroatoms. The van der Waals surface area contributed by atoms with Crippen LogP contribution in [-0.2, 0) is 4.74 Å². The lowest BCUT2D eigenvalue weighted by Gasteiger charge is -2.55. The third-order valence-corrected chi connectivity index (χ3v) is 11.9. The Kier molecular flexibility index (Phi) is 3.70. The van der Waals surface area contributed by atoms with Crippen molar-refractivity contribution in [2.24, 2.45) is 5.92 Å². The fraction of sp³-hybridized carbons (Fsp3) is 0.875. The van der Waals surface area contributed by atoms with Gasteiger partial charge in [0.2, 0.25) is 0 Å². The van der Waals surface area contributed by atoms with Crippen molar-refractivity contribution < 1.29 is 4.74 Å². The molecule has 1 aliphatic carbocycles. The maximum absolute atomic E-state index is 6.01. The van der Waals surface area contributed by atoms with Gasteiger partial charge >= 0.3 is 0 Å². The van der Waals surface area contributed by atoms with E-state index < -0.39 is 8.07 Å². The quantitative estimate of drug-likeness (QED) is 0.612. The van der Waals surface area contributed by atoms with Gasteiger partial charge in [0.15, 0.2) is 0 Å². The lowest BCUT2D eigenvalue weighted by molar-refractivity contribution is -0.0351. The summed E-state index contributed by atoms with van der Waals surface area (Å²) in [5.74, 6) is 1.90. The summed E-state index contributed by atoms with van der Waals surface area (Å²) in [6.45, 7) is 16.5.